The summed E-state index contributed by atoms with van der Waals surface area (Å²) >= 11 is 0. The zero-order valence-electron chi connectivity index (χ0n) is 24.3. The third-order valence-electron chi connectivity index (χ3n) is 8.69. The molecular formula is C33H34F4N2O3. The number of pyridine rings is 1. The van der Waals surface area contributed by atoms with Crippen LogP contribution >= 0.6 is 0 Å². The smallest absolute Gasteiger partial charge is 0.418 e. The van der Waals surface area contributed by atoms with Crippen molar-refractivity contribution >= 4 is 17.3 Å². The number of nitrogens with zero attached hydrogens (tertiary/aromatic N) is 2. The summed E-state index contributed by atoms with van der Waals surface area (Å²) in [5.74, 6) is -0.297. The SMILES string of the molecule is CC(C)(C)OC(=O)C1C2Cc3cc(OCc4ccc5c(c4F)N(c4ccccc4C(F)(F)F)CCC5(C)C)ncc3C21. The molecule has 0 spiro atoms. The van der Waals surface area contributed by atoms with Crippen LogP contribution in [0.15, 0.2) is 48.7 Å². The largest absolute Gasteiger partial charge is 0.473 e. The molecule has 0 amide bonds. The lowest BCUT2D eigenvalue weighted by Crippen LogP contribution is -2.36. The Morgan fingerprint density at radius 3 is 2.57 bits per heavy atom. The van der Waals surface area contributed by atoms with Crippen LogP contribution in [0.2, 0.25) is 0 Å². The standard InChI is InChI=1S/C33H34F4N2O3/c1-31(2,3)42-30(40)27-20-14-19-15-25(38-16-21(19)26(20)27)41-17-18-10-11-23-29(28(18)34)39(13-12-32(23,4)5)24-9-7-6-8-22(24)33(35,36)37/h6-11,15-16,20,26-27H,12-14,17H2,1-5H3. The summed E-state index contributed by atoms with van der Waals surface area (Å²) < 4.78 is 69.4. The molecule has 0 N–H and O–H groups in total. The van der Waals surface area contributed by atoms with Gasteiger partial charge in [-0.15, -0.1) is 0 Å². The Hall–Kier alpha value is -3.62. The van der Waals surface area contributed by atoms with Crippen molar-refractivity contribution in [2.24, 2.45) is 11.8 Å². The summed E-state index contributed by atoms with van der Waals surface area (Å²) in [6.07, 6.45) is -1.56. The number of hydrogen-bond acceptors (Lipinski definition) is 5. The van der Waals surface area contributed by atoms with E-state index in [2.05, 4.69) is 4.98 Å². The summed E-state index contributed by atoms with van der Waals surface area (Å²) in [6, 6.07) is 10.6. The molecule has 5 nitrogen and oxygen atoms in total. The second-order valence-corrected chi connectivity index (χ2v) is 13.2. The molecule has 2 aliphatic carbocycles. The first kappa shape index (κ1) is 28.5. The summed E-state index contributed by atoms with van der Waals surface area (Å²) in [7, 11) is 0. The molecule has 1 aliphatic heterocycles. The maximum Gasteiger partial charge on any atom is 0.418 e. The zero-order valence-corrected chi connectivity index (χ0v) is 24.3. The first-order chi connectivity index (χ1) is 19.7. The molecule has 3 aliphatic rings. The zero-order chi connectivity index (χ0) is 30.2. The van der Waals surface area contributed by atoms with Gasteiger partial charge in [0.05, 0.1) is 22.9 Å². The molecule has 3 atom stereocenters. The lowest BCUT2D eigenvalue weighted by molar-refractivity contribution is -0.157. The van der Waals surface area contributed by atoms with Crippen molar-refractivity contribution in [1.82, 2.24) is 4.98 Å². The second-order valence-electron chi connectivity index (χ2n) is 13.2. The van der Waals surface area contributed by atoms with E-state index in [0.29, 0.717) is 17.9 Å². The van der Waals surface area contributed by atoms with Gasteiger partial charge < -0.3 is 14.4 Å². The Labute approximate surface area is 242 Å². The number of fused-ring (bicyclic) bond motifs is 4. The number of benzene rings is 2. The number of para-hydroxylation sites is 1. The van der Waals surface area contributed by atoms with Crippen molar-refractivity contribution in [3.05, 3.63) is 82.3 Å². The van der Waals surface area contributed by atoms with Gasteiger partial charge in [-0.3, -0.25) is 4.79 Å². The monoisotopic (exact) mass is 582 g/mol. The van der Waals surface area contributed by atoms with Gasteiger partial charge in [0.2, 0.25) is 5.88 Å². The number of aromatic nitrogens is 1. The fourth-order valence-electron chi connectivity index (χ4n) is 6.55. The lowest BCUT2D eigenvalue weighted by atomic mass is 9.77. The highest BCUT2D eigenvalue weighted by molar-refractivity contribution is 5.80. The van der Waals surface area contributed by atoms with Crippen molar-refractivity contribution in [3.63, 3.8) is 0 Å². The Kier molecular flexibility index (Phi) is 6.59. The van der Waals surface area contributed by atoms with Gasteiger partial charge in [0.15, 0.2) is 5.82 Å². The van der Waals surface area contributed by atoms with Crippen molar-refractivity contribution in [2.75, 3.05) is 11.4 Å². The van der Waals surface area contributed by atoms with Crippen LogP contribution in [0.5, 0.6) is 5.88 Å². The molecule has 222 valence electrons. The van der Waals surface area contributed by atoms with Crippen molar-refractivity contribution < 1.29 is 31.8 Å². The minimum Gasteiger partial charge on any atom is -0.473 e. The fourth-order valence-corrected chi connectivity index (χ4v) is 6.55. The molecule has 42 heavy (non-hydrogen) atoms. The van der Waals surface area contributed by atoms with E-state index in [0.717, 1.165) is 23.6 Å². The molecule has 2 heterocycles. The molecule has 0 bridgehead atoms. The highest BCUT2D eigenvalue weighted by atomic mass is 19.4. The number of anilines is 2. The molecule has 1 aromatic heterocycles. The maximum absolute atomic E-state index is 16.2. The fraction of sp³-hybridized carbons (Fsp3) is 0.455. The van der Waals surface area contributed by atoms with Gasteiger partial charge in [0.25, 0.3) is 0 Å². The summed E-state index contributed by atoms with van der Waals surface area (Å²) in [6.45, 7) is 9.62. The number of carbonyl (C=O) groups excluding carboxylic acids is 1. The Morgan fingerprint density at radius 1 is 1.12 bits per heavy atom. The van der Waals surface area contributed by atoms with Gasteiger partial charge in [-0.05, 0) is 73.8 Å². The van der Waals surface area contributed by atoms with E-state index in [-0.39, 0.29) is 53.8 Å². The summed E-state index contributed by atoms with van der Waals surface area (Å²) in [5.41, 5.74) is 1.29. The van der Waals surface area contributed by atoms with E-state index in [4.69, 9.17) is 9.47 Å². The Balaban J connectivity index is 1.24. The molecule has 1 fully saturated rings. The van der Waals surface area contributed by atoms with Crippen LogP contribution in [0.3, 0.4) is 0 Å². The summed E-state index contributed by atoms with van der Waals surface area (Å²) in [4.78, 5) is 18.4. The number of carbonyl (C=O) groups is 1. The minimum atomic E-state index is -4.58. The number of ether oxygens (including phenoxy) is 2. The topological polar surface area (TPSA) is 51.7 Å². The van der Waals surface area contributed by atoms with Crippen molar-refractivity contribution in [1.29, 1.82) is 0 Å². The van der Waals surface area contributed by atoms with Crippen LogP contribution in [-0.2, 0) is 34.2 Å². The second kappa shape index (κ2) is 9.71. The van der Waals surface area contributed by atoms with Crippen LogP contribution < -0.4 is 9.64 Å². The van der Waals surface area contributed by atoms with E-state index in [1.165, 1.54) is 23.1 Å². The highest BCUT2D eigenvalue weighted by Crippen LogP contribution is 2.62. The molecule has 9 heteroatoms. The predicted octanol–water partition coefficient (Wildman–Crippen LogP) is 7.87. The number of rotatable bonds is 5. The first-order valence-corrected chi connectivity index (χ1v) is 14.3. The lowest BCUT2D eigenvalue weighted by Gasteiger charge is -2.41. The predicted molar refractivity (Wildman–Crippen MR) is 150 cm³/mol. The number of alkyl halides is 3. The van der Waals surface area contributed by atoms with Crippen LogP contribution in [0.1, 0.15) is 74.8 Å². The van der Waals surface area contributed by atoms with Crippen LogP contribution in [0.4, 0.5) is 28.9 Å². The quantitative estimate of drug-likeness (QED) is 0.226. The molecule has 3 aromatic rings. The molecule has 0 radical (unpaired) electrons. The average Bonchev–Trinajstić information content (AvgIpc) is 3.49. The van der Waals surface area contributed by atoms with Crippen LogP contribution in [0.25, 0.3) is 0 Å². The first-order valence-electron chi connectivity index (χ1n) is 14.3. The van der Waals surface area contributed by atoms with E-state index in [9.17, 15) is 18.0 Å². The summed E-state index contributed by atoms with van der Waals surface area (Å²) in [5, 5.41) is 0. The third kappa shape index (κ3) is 5.01. The third-order valence-corrected chi connectivity index (χ3v) is 8.69. The van der Waals surface area contributed by atoms with E-state index >= 15 is 4.39 Å². The van der Waals surface area contributed by atoms with Crippen molar-refractivity contribution in [2.45, 2.75) is 77.2 Å². The van der Waals surface area contributed by atoms with Crippen LogP contribution in [0, 0.1) is 17.7 Å². The molecular weight excluding hydrogens is 548 g/mol. The van der Waals surface area contributed by atoms with Gasteiger partial charge in [0, 0.05) is 30.3 Å². The number of esters is 1. The van der Waals surface area contributed by atoms with Gasteiger partial charge in [0.1, 0.15) is 12.2 Å². The molecule has 6 rings (SSSR count). The van der Waals surface area contributed by atoms with E-state index in [1.54, 1.807) is 18.3 Å². The Bertz CT molecular complexity index is 1560. The Morgan fingerprint density at radius 2 is 1.86 bits per heavy atom. The molecule has 0 saturated heterocycles. The highest BCUT2D eigenvalue weighted by Gasteiger charge is 2.61. The van der Waals surface area contributed by atoms with Crippen molar-refractivity contribution in [3.8, 4) is 5.88 Å². The van der Waals surface area contributed by atoms with Crippen LogP contribution in [-0.4, -0.2) is 23.1 Å². The van der Waals surface area contributed by atoms with Gasteiger partial charge in [-0.25, -0.2) is 9.37 Å². The normalized spacial score (nSPS) is 22.2. The number of hydrogen-bond donors (Lipinski definition) is 0. The van der Waals surface area contributed by atoms with E-state index < -0.39 is 28.6 Å². The maximum atomic E-state index is 16.2. The molecule has 3 unspecified atom stereocenters. The van der Waals surface area contributed by atoms with E-state index in [1.807, 2.05) is 40.7 Å². The van der Waals surface area contributed by atoms with Gasteiger partial charge >= 0.3 is 12.1 Å². The van der Waals surface area contributed by atoms with Gasteiger partial charge in [-0.1, -0.05) is 38.1 Å². The molecule has 1 saturated carbocycles. The average molecular weight is 583 g/mol. The van der Waals surface area contributed by atoms with Gasteiger partial charge in [-0.2, -0.15) is 13.2 Å². The minimum absolute atomic E-state index is 0.0674. The molecule has 2 aromatic carbocycles. The number of halogens is 4.